The van der Waals surface area contributed by atoms with Crippen LogP contribution in [0.15, 0.2) is 115 Å². The van der Waals surface area contributed by atoms with E-state index in [0.29, 0.717) is 11.1 Å². The molecule has 0 amide bonds. The van der Waals surface area contributed by atoms with E-state index in [1.54, 1.807) is 0 Å². The summed E-state index contributed by atoms with van der Waals surface area (Å²) in [6.45, 7) is 0. The quantitative estimate of drug-likeness (QED) is 0.382. The van der Waals surface area contributed by atoms with Crippen molar-refractivity contribution in [1.82, 2.24) is 0 Å². The van der Waals surface area contributed by atoms with Gasteiger partial charge >= 0.3 is 7.69 Å². The minimum absolute atomic E-state index is 0.0353. The summed E-state index contributed by atoms with van der Waals surface area (Å²) in [5, 5.41) is 14.2. The molecule has 0 spiro atoms. The first kappa shape index (κ1) is 21.1. The largest absolute Gasteiger partial charge is 0.432 e. The first-order chi connectivity index (χ1) is 14.7. The van der Waals surface area contributed by atoms with Crippen LogP contribution in [0.25, 0.3) is 0 Å². The second kappa shape index (κ2) is 10.8. The van der Waals surface area contributed by atoms with Crippen molar-refractivity contribution < 1.29 is 14.8 Å². The van der Waals surface area contributed by atoms with Crippen molar-refractivity contribution >= 4 is 30.5 Å². The predicted octanol–water partition coefficient (Wildman–Crippen LogP) is 4.62. The molecule has 2 N–H and O–H groups in total. The Balaban J connectivity index is 0.000000806. The van der Waals surface area contributed by atoms with Gasteiger partial charge < -0.3 is 14.9 Å². The Morgan fingerprint density at radius 2 is 0.867 bits per heavy atom. The zero-order valence-corrected chi connectivity index (χ0v) is 16.4. The number of ketones is 1. The summed E-state index contributed by atoms with van der Waals surface area (Å²) in [4.78, 5) is 14.8. The maximum atomic E-state index is 12.7. The van der Waals surface area contributed by atoms with Gasteiger partial charge in [-0.15, -0.1) is 0 Å². The number of hydrogen-bond donors (Lipinski definition) is 2. The molecule has 4 nitrogen and oxygen atoms in total. The molecule has 0 fully saturated rings. The van der Waals surface area contributed by atoms with Gasteiger partial charge in [0.05, 0.1) is 0 Å². The Kier molecular flexibility index (Phi) is 7.55. The zero-order chi connectivity index (χ0) is 21.2. The fourth-order valence-electron chi connectivity index (χ4n) is 3.12. The van der Waals surface area contributed by atoms with Crippen molar-refractivity contribution in [3.05, 3.63) is 126 Å². The van der Waals surface area contributed by atoms with E-state index in [4.69, 9.17) is 10.0 Å². The van der Waals surface area contributed by atoms with E-state index < -0.39 is 7.69 Å². The molecule has 0 atom stereocenters. The highest BCUT2D eigenvalue weighted by Gasteiger charge is 2.13. The Bertz CT molecular complexity index is 1000. The first-order valence-corrected chi connectivity index (χ1v) is 9.56. The van der Waals surface area contributed by atoms with Crippen molar-refractivity contribution in [2.24, 2.45) is 0 Å². The van der Waals surface area contributed by atoms with Gasteiger partial charge in [-0.1, -0.05) is 66.7 Å². The number of nitrogens with zero attached hydrogens (tertiary/aromatic N) is 1. The van der Waals surface area contributed by atoms with Crippen molar-refractivity contribution in [1.29, 1.82) is 0 Å². The van der Waals surface area contributed by atoms with Crippen LogP contribution in [-0.2, 0) is 0 Å². The van der Waals surface area contributed by atoms with Gasteiger partial charge in [-0.2, -0.15) is 0 Å². The van der Waals surface area contributed by atoms with Crippen molar-refractivity contribution in [3.63, 3.8) is 0 Å². The standard InChI is InChI=1S/C25H19NO.BH3O2/c27-25(20-10-4-1-5-11-20)21-16-18-24(19-17-21)26(22-12-6-2-7-13-22)23-14-8-3-9-15-23;2-1-3/h1-19H;1-3H. The van der Waals surface area contributed by atoms with Gasteiger partial charge in [0.15, 0.2) is 5.78 Å². The highest BCUT2D eigenvalue weighted by molar-refractivity contribution is 6.13. The molecule has 0 aliphatic heterocycles. The summed E-state index contributed by atoms with van der Waals surface area (Å²) in [6, 6.07) is 37.6. The molecule has 5 heteroatoms. The highest BCUT2D eigenvalue weighted by Crippen LogP contribution is 2.34. The van der Waals surface area contributed by atoms with Crippen LogP contribution in [0.4, 0.5) is 17.1 Å². The number of rotatable bonds is 5. The van der Waals surface area contributed by atoms with E-state index in [2.05, 4.69) is 29.2 Å². The molecule has 4 aromatic rings. The third-order valence-electron chi connectivity index (χ3n) is 4.45. The lowest BCUT2D eigenvalue weighted by molar-refractivity contribution is 0.103. The first-order valence-electron chi connectivity index (χ1n) is 9.56. The Labute approximate surface area is 177 Å². The second-order valence-corrected chi connectivity index (χ2v) is 6.39. The van der Waals surface area contributed by atoms with Crippen molar-refractivity contribution in [3.8, 4) is 0 Å². The van der Waals surface area contributed by atoms with Crippen LogP contribution in [0, 0.1) is 0 Å². The van der Waals surface area contributed by atoms with Crippen molar-refractivity contribution in [2.75, 3.05) is 4.90 Å². The second-order valence-electron chi connectivity index (χ2n) is 6.39. The molecule has 30 heavy (non-hydrogen) atoms. The summed E-state index contributed by atoms with van der Waals surface area (Å²) >= 11 is 0. The fraction of sp³-hybridized carbons (Fsp3) is 0. The van der Waals surface area contributed by atoms with Gasteiger partial charge in [-0.25, -0.2) is 0 Å². The molecule has 0 aliphatic carbocycles. The molecule has 148 valence electrons. The van der Waals surface area contributed by atoms with Crippen LogP contribution in [-0.4, -0.2) is 23.5 Å². The molecule has 0 aliphatic rings. The number of para-hydroxylation sites is 2. The Morgan fingerprint density at radius 1 is 0.533 bits per heavy atom. The number of anilines is 3. The summed E-state index contributed by atoms with van der Waals surface area (Å²) in [6.07, 6.45) is 0. The molecular weight excluding hydrogens is 373 g/mol. The third kappa shape index (κ3) is 5.23. The third-order valence-corrected chi connectivity index (χ3v) is 4.45. The number of carbonyl (C=O) groups excluding carboxylic acids is 1. The Hall–Kier alpha value is -3.67. The van der Waals surface area contributed by atoms with Crippen LogP contribution in [0.3, 0.4) is 0 Å². The van der Waals surface area contributed by atoms with Gasteiger partial charge in [0.25, 0.3) is 0 Å². The normalized spacial score (nSPS) is 9.80. The summed E-state index contributed by atoms with van der Waals surface area (Å²) in [5.41, 5.74) is 4.55. The minimum atomic E-state index is -0.750. The minimum Gasteiger partial charge on any atom is -0.430 e. The number of hydrogen-bond acceptors (Lipinski definition) is 4. The van der Waals surface area contributed by atoms with Gasteiger partial charge in [0.2, 0.25) is 0 Å². The zero-order valence-electron chi connectivity index (χ0n) is 16.4. The molecule has 0 radical (unpaired) electrons. The summed E-state index contributed by atoms with van der Waals surface area (Å²) in [7, 11) is -0.750. The molecule has 0 heterocycles. The molecule has 0 aromatic heterocycles. The lowest BCUT2D eigenvalue weighted by Gasteiger charge is -2.25. The number of benzene rings is 4. The van der Waals surface area contributed by atoms with Crippen LogP contribution < -0.4 is 4.90 Å². The van der Waals surface area contributed by atoms with E-state index in [1.807, 2.05) is 91.0 Å². The van der Waals surface area contributed by atoms with E-state index in [-0.39, 0.29) is 5.78 Å². The van der Waals surface area contributed by atoms with E-state index in [1.165, 1.54) is 0 Å². The van der Waals surface area contributed by atoms with E-state index >= 15 is 0 Å². The fourth-order valence-corrected chi connectivity index (χ4v) is 3.12. The molecular formula is C25H22BNO3. The highest BCUT2D eigenvalue weighted by atomic mass is 16.4. The van der Waals surface area contributed by atoms with Gasteiger partial charge in [0.1, 0.15) is 0 Å². The van der Waals surface area contributed by atoms with Crippen LogP contribution in [0.5, 0.6) is 0 Å². The van der Waals surface area contributed by atoms with E-state index in [9.17, 15) is 4.79 Å². The van der Waals surface area contributed by atoms with Crippen LogP contribution in [0.1, 0.15) is 15.9 Å². The smallest absolute Gasteiger partial charge is 0.430 e. The summed E-state index contributed by atoms with van der Waals surface area (Å²) in [5.74, 6) is 0.0353. The van der Waals surface area contributed by atoms with Gasteiger partial charge in [-0.3, -0.25) is 4.79 Å². The molecule has 4 rings (SSSR count). The maximum Gasteiger partial charge on any atom is 0.432 e. The Morgan fingerprint density at radius 3 is 1.30 bits per heavy atom. The summed E-state index contributed by atoms with van der Waals surface area (Å²) < 4.78 is 0. The molecule has 4 aromatic carbocycles. The average Bonchev–Trinajstić information content (AvgIpc) is 2.82. The van der Waals surface area contributed by atoms with Crippen LogP contribution >= 0.6 is 0 Å². The maximum absolute atomic E-state index is 12.7. The number of carbonyl (C=O) groups is 1. The van der Waals surface area contributed by atoms with Crippen molar-refractivity contribution in [2.45, 2.75) is 0 Å². The molecule has 0 saturated carbocycles. The van der Waals surface area contributed by atoms with Crippen LogP contribution in [0.2, 0.25) is 0 Å². The lowest BCUT2D eigenvalue weighted by Crippen LogP contribution is -2.10. The SMILES string of the molecule is O=C(c1ccccc1)c1ccc(N(c2ccccc2)c2ccccc2)cc1.OBO. The molecule has 0 saturated heterocycles. The average molecular weight is 395 g/mol. The monoisotopic (exact) mass is 395 g/mol. The van der Waals surface area contributed by atoms with E-state index in [0.717, 1.165) is 17.1 Å². The predicted molar refractivity (Wildman–Crippen MR) is 123 cm³/mol. The van der Waals surface area contributed by atoms with Gasteiger partial charge in [0, 0.05) is 28.2 Å². The van der Waals surface area contributed by atoms with Gasteiger partial charge in [-0.05, 0) is 48.5 Å². The lowest BCUT2D eigenvalue weighted by atomic mass is 10.0. The topological polar surface area (TPSA) is 60.8 Å². The molecule has 0 bridgehead atoms. The molecule has 0 unspecified atom stereocenters.